The third-order valence-corrected chi connectivity index (χ3v) is 4.01. The van der Waals surface area contributed by atoms with Crippen LogP contribution in [0, 0.1) is 6.92 Å². The predicted octanol–water partition coefficient (Wildman–Crippen LogP) is 4.11. The highest BCUT2D eigenvalue weighted by molar-refractivity contribution is 6.43. The van der Waals surface area contributed by atoms with Crippen LogP contribution in [0.2, 0.25) is 10.0 Å². The number of carbonyl (C=O) groups is 2. The van der Waals surface area contributed by atoms with Gasteiger partial charge in [0, 0.05) is 0 Å². The van der Waals surface area contributed by atoms with E-state index in [2.05, 4.69) is 10.1 Å². The second-order valence-corrected chi connectivity index (χ2v) is 5.70. The number of hydrogen-bond donors (Lipinski definition) is 1. The zero-order chi connectivity index (χ0) is 17.7. The first-order valence-corrected chi connectivity index (χ1v) is 7.73. The number of hydrogen-bond acceptors (Lipinski definition) is 4. The van der Waals surface area contributed by atoms with Crippen molar-refractivity contribution in [2.24, 2.45) is 0 Å². The number of amides is 1. The molecular weight excluding hydrogens is 353 g/mol. The molecule has 126 valence electrons. The average Bonchev–Trinajstić information content (AvgIpc) is 2.57. The number of esters is 1. The highest BCUT2D eigenvalue weighted by Crippen LogP contribution is 2.29. The number of carbonyl (C=O) groups excluding carboxylic acids is 2. The number of rotatable bonds is 5. The Morgan fingerprint density at radius 3 is 2.62 bits per heavy atom. The molecule has 1 N–H and O–H groups in total. The van der Waals surface area contributed by atoms with Gasteiger partial charge in [-0.25, -0.2) is 4.79 Å². The molecule has 0 atom stereocenters. The molecule has 1 amide bonds. The van der Waals surface area contributed by atoms with E-state index < -0.39 is 11.9 Å². The van der Waals surface area contributed by atoms with Crippen LogP contribution in [0.25, 0.3) is 0 Å². The normalized spacial score (nSPS) is 10.2. The molecule has 2 aromatic carbocycles. The van der Waals surface area contributed by atoms with Gasteiger partial charge >= 0.3 is 5.97 Å². The minimum absolute atomic E-state index is 0.242. The first kappa shape index (κ1) is 18.1. The van der Waals surface area contributed by atoms with Crippen LogP contribution in [-0.2, 0) is 9.53 Å². The van der Waals surface area contributed by atoms with E-state index in [4.69, 9.17) is 27.9 Å². The molecule has 0 aromatic heterocycles. The predicted molar refractivity (Wildman–Crippen MR) is 93.1 cm³/mol. The fraction of sp³-hybridized carbons (Fsp3) is 0.176. The molecule has 24 heavy (non-hydrogen) atoms. The highest BCUT2D eigenvalue weighted by atomic mass is 35.5. The smallest absolute Gasteiger partial charge is 0.337 e. The minimum atomic E-state index is -0.477. The summed E-state index contributed by atoms with van der Waals surface area (Å²) in [7, 11) is 1.30. The van der Waals surface area contributed by atoms with Gasteiger partial charge in [0.15, 0.2) is 6.61 Å². The van der Waals surface area contributed by atoms with Crippen molar-refractivity contribution in [1.82, 2.24) is 0 Å². The fourth-order valence-electron chi connectivity index (χ4n) is 1.93. The number of anilines is 1. The first-order chi connectivity index (χ1) is 11.4. The van der Waals surface area contributed by atoms with Crippen molar-refractivity contribution in [3.8, 4) is 5.75 Å². The van der Waals surface area contributed by atoms with Crippen molar-refractivity contribution in [3.63, 3.8) is 0 Å². The van der Waals surface area contributed by atoms with Gasteiger partial charge in [0.25, 0.3) is 5.91 Å². The lowest BCUT2D eigenvalue weighted by Crippen LogP contribution is -2.20. The van der Waals surface area contributed by atoms with Crippen molar-refractivity contribution in [3.05, 3.63) is 57.6 Å². The summed E-state index contributed by atoms with van der Waals surface area (Å²) in [6.45, 7) is 1.57. The largest absolute Gasteiger partial charge is 0.483 e. The molecule has 7 heteroatoms. The fourth-order valence-corrected chi connectivity index (χ4v) is 2.28. The third-order valence-electron chi connectivity index (χ3n) is 3.19. The molecule has 0 aliphatic rings. The summed E-state index contributed by atoms with van der Waals surface area (Å²) >= 11 is 11.9. The van der Waals surface area contributed by atoms with E-state index in [0.29, 0.717) is 22.0 Å². The average molecular weight is 368 g/mol. The molecule has 0 spiro atoms. The van der Waals surface area contributed by atoms with E-state index in [-0.39, 0.29) is 11.6 Å². The highest BCUT2D eigenvalue weighted by Gasteiger charge is 2.12. The van der Waals surface area contributed by atoms with Crippen LogP contribution in [0.4, 0.5) is 5.69 Å². The summed E-state index contributed by atoms with van der Waals surface area (Å²) in [5.41, 5.74) is 1.53. The number of nitrogens with one attached hydrogen (secondary N) is 1. The van der Waals surface area contributed by atoms with Crippen LogP contribution in [-0.4, -0.2) is 25.6 Å². The molecule has 0 bridgehead atoms. The lowest BCUT2D eigenvalue weighted by molar-refractivity contribution is -0.118. The van der Waals surface area contributed by atoms with E-state index in [1.807, 2.05) is 6.92 Å². The van der Waals surface area contributed by atoms with Gasteiger partial charge in [0.1, 0.15) is 5.75 Å². The van der Waals surface area contributed by atoms with E-state index in [1.165, 1.54) is 13.2 Å². The summed E-state index contributed by atoms with van der Waals surface area (Å²) in [4.78, 5) is 23.5. The van der Waals surface area contributed by atoms with Gasteiger partial charge < -0.3 is 14.8 Å². The van der Waals surface area contributed by atoms with E-state index in [9.17, 15) is 9.59 Å². The lowest BCUT2D eigenvalue weighted by Gasteiger charge is -2.11. The first-order valence-electron chi connectivity index (χ1n) is 6.98. The van der Waals surface area contributed by atoms with Crippen molar-refractivity contribution < 1.29 is 19.1 Å². The van der Waals surface area contributed by atoms with E-state index in [1.54, 1.807) is 30.3 Å². The Kier molecular flexibility index (Phi) is 6.06. The van der Waals surface area contributed by atoms with Crippen LogP contribution >= 0.6 is 23.2 Å². The Morgan fingerprint density at radius 1 is 1.17 bits per heavy atom. The topological polar surface area (TPSA) is 64.6 Å². The lowest BCUT2D eigenvalue weighted by atomic mass is 10.1. The number of methoxy groups -OCH3 is 1. The SMILES string of the molecule is COC(=O)c1ccc(C)c(OCC(=O)Nc2cccc(Cl)c2Cl)c1. The van der Waals surface area contributed by atoms with Crippen molar-refractivity contribution >= 4 is 40.8 Å². The molecule has 0 heterocycles. The molecule has 2 rings (SSSR count). The van der Waals surface area contributed by atoms with Crippen molar-refractivity contribution in [2.75, 3.05) is 19.0 Å². The zero-order valence-electron chi connectivity index (χ0n) is 13.1. The molecular formula is C17H15Cl2NO4. The minimum Gasteiger partial charge on any atom is -0.483 e. The van der Waals surface area contributed by atoms with Crippen molar-refractivity contribution in [2.45, 2.75) is 6.92 Å². The zero-order valence-corrected chi connectivity index (χ0v) is 14.6. The summed E-state index contributed by atoms with van der Waals surface area (Å²) in [5.74, 6) is -0.456. The molecule has 0 unspecified atom stereocenters. The molecule has 2 aromatic rings. The monoisotopic (exact) mass is 367 g/mol. The Morgan fingerprint density at radius 2 is 1.92 bits per heavy atom. The summed E-state index contributed by atoms with van der Waals surface area (Å²) < 4.78 is 10.1. The maximum Gasteiger partial charge on any atom is 0.337 e. The Bertz CT molecular complexity index is 777. The number of halogens is 2. The van der Waals surface area contributed by atoms with Gasteiger partial charge in [0.05, 0.1) is 28.4 Å². The van der Waals surface area contributed by atoms with Gasteiger partial charge in [-0.05, 0) is 36.8 Å². The Labute approximate surface area is 149 Å². The molecule has 0 radical (unpaired) electrons. The van der Waals surface area contributed by atoms with Crippen LogP contribution in [0.1, 0.15) is 15.9 Å². The number of benzene rings is 2. The number of aryl methyl sites for hydroxylation is 1. The number of ether oxygens (including phenoxy) is 2. The van der Waals surface area contributed by atoms with Gasteiger partial charge in [-0.1, -0.05) is 35.3 Å². The quantitative estimate of drug-likeness (QED) is 0.807. The van der Waals surface area contributed by atoms with Crippen LogP contribution in [0.3, 0.4) is 0 Å². The van der Waals surface area contributed by atoms with Gasteiger partial charge in [-0.2, -0.15) is 0 Å². The summed E-state index contributed by atoms with van der Waals surface area (Å²) in [6.07, 6.45) is 0. The van der Waals surface area contributed by atoms with Crippen LogP contribution in [0.5, 0.6) is 5.75 Å². The van der Waals surface area contributed by atoms with Gasteiger partial charge in [-0.15, -0.1) is 0 Å². The van der Waals surface area contributed by atoms with E-state index >= 15 is 0 Å². The molecule has 0 aliphatic carbocycles. The maximum absolute atomic E-state index is 12.0. The second kappa shape index (κ2) is 8.04. The molecule has 0 aliphatic heterocycles. The summed E-state index contributed by atoms with van der Waals surface area (Å²) in [6, 6.07) is 9.80. The molecule has 0 saturated heterocycles. The standard InChI is InChI=1S/C17H15Cl2NO4/c1-10-6-7-11(17(22)23-2)8-14(10)24-9-15(21)20-13-5-3-4-12(18)16(13)19/h3-8H,9H2,1-2H3,(H,20,21). The Balaban J connectivity index is 2.04. The third kappa shape index (κ3) is 4.40. The van der Waals surface area contributed by atoms with Crippen LogP contribution in [0.15, 0.2) is 36.4 Å². The van der Waals surface area contributed by atoms with Crippen LogP contribution < -0.4 is 10.1 Å². The van der Waals surface area contributed by atoms with E-state index in [0.717, 1.165) is 5.56 Å². The van der Waals surface area contributed by atoms with Gasteiger partial charge in [0.2, 0.25) is 0 Å². The van der Waals surface area contributed by atoms with Gasteiger partial charge in [-0.3, -0.25) is 4.79 Å². The molecule has 0 saturated carbocycles. The maximum atomic E-state index is 12.0. The molecule has 5 nitrogen and oxygen atoms in total. The molecule has 0 fully saturated rings. The van der Waals surface area contributed by atoms with Crippen molar-refractivity contribution in [1.29, 1.82) is 0 Å². The second-order valence-electron chi connectivity index (χ2n) is 4.91. The Hall–Kier alpha value is -2.24. The summed E-state index contributed by atoms with van der Waals surface area (Å²) in [5, 5.41) is 3.22.